The van der Waals surface area contributed by atoms with Gasteiger partial charge in [-0.15, -0.1) is 12.4 Å². The van der Waals surface area contributed by atoms with Crippen molar-refractivity contribution in [3.8, 4) is 0 Å². The minimum Gasteiger partial charge on any atom is -0.465 e. The summed E-state index contributed by atoms with van der Waals surface area (Å²) in [5.74, 6) is 0. The first-order valence-electron chi connectivity index (χ1n) is 4.42. The Hall–Kier alpha value is -0.520. The number of halogens is 1. The zero-order valence-corrected chi connectivity index (χ0v) is 9.36. The number of rotatable bonds is 4. The highest BCUT2D eigenvalue weighted by molar-refractivity contribution is 5.85. The third kappa shape index (κ3) is 3.01. The van der Waals surface area contributed by atoms with Gasteiger partial charge in [-0.2, -0.15) is 0 Å². The summed E-state index contributed by atoms with van der Waals surface area (Å²) in [5.41, 5.74) is 0.155. The molecule has 1 fully saturated rings. The predicted octanol–water partition coefficient (Wildman–Crippen LogP) is -0.0305. The van der Waals surface area contributed by atoms with Crippen molar-refractivity contribution >= 4 is 18.5 Å². The fourth-order valence-electron chi connectivity index (χ4n) is 1.53. The number of carboxylic acid groups (broad SMARTS) is 1. The van der Waals surface area contributed by atoms with Gasteiger partial charge in [0.15, 0.2) is 0 Å². The number of hydrogen-bond acceptors (Lipinski definition) is 3. The molecule has 0 bridgehead atoms. The summed E-state index contributed by atoms with van der Waals surface area (Å²) in [6, 6.07) is 0. The summed E-state index contributed by atoms with van der Waals surface area (Å²) in [4.78, 5) is 12.4. The second-order valence-electron chi connectivity index (χ2n) is 3.70. The van der Waals surface area contributed by atoms with Crippen LogP contribution in [0.2, 0.25) is 0 Å². The molecular formula is C8H18ClN3O2. The summed E-state index contributed by atoms with van der Waals surface area (Å²) < 4.78 is 0. The van der Waals surface area contributed by atoms with Crippen molar-refractivity contribution in [2.24, 2.45) is 0 Å². The molecule has 14 heavy (non-hydrogen) atoms. The van der Waals surface area contributed by atoms with Crippen molar-refractivity contribution in [3.05, 3.63) is 0 Å². The zero-order valence-electron chi connectivity index (χ0n) is 8.54. The Balaban J connectivity index is 0.00000169. The molecule has 6 heteroatoms. The van der Waals surface area contributed by atoms with E-state index in [0.29, 0.717) is 6.54 Å². The van der Waals surface area contributed by atoms with Crippen LogP contribution in [-0.2, 0) is 0 Å². The Morgan fingerprint density at radius 1 is 1.57 bits per heavy atom. The molecule has 0 unspecified atom stereocenters. The van der Waals surface area contributed by atoms with Crippen LogP contribution in [0.5, 0.6) is 0 Å². The first kappa shape index (κ1) is 13.5. The van der Waals surface area contributed by atoms with Crippen LogP contribution < -0.4 is 10.6 Å². The molecule has 1 rings (SSSR count). The molecule has 0 saturated carbocycles. The maximum absolute atomic E-state index is 10.2. The van der Waals surface area contributed by atoms with Gasteiger partial charge in [0.05, 0.1) is 0 Å². The van der Waals surface area contributed by atoms with Gasteiger partial charge < -0.3 is 20.6 Å². The van der Waals surface area contributed by atoms with E-state index < -0.39 is 6.09 Å². The second kappa shape index (κ2) is 5.38. The number of amides is 1. The molecule has 0 aliphatic carbocycles. The number of carbonyl (C=O) groups is 1. The highest BCUT2D eigenvalue weighted by atomic mass is 35.5. The van der Waals surface area contributed by atoms with Crippen LogP contribution in [0.25, 0.3) is 0 Å². The van der Waals surface area contributed by atoms with Gasteiger partial charge >= 0.3 is 6.09 Å². The maximum Gasteiger partial charge on any atom is 0.404 e. The maximum atomic E-state index is 10.2. The molecule has 1 saturated heterocycles. The highest BCUT2D eigenvalue weighted by Crippen LogP contribution is 2.20. The van der Waals surface area contributed by atoms with E-state index in [1.807, 2.05) is 14.1 Å². The monoisotopic (exact) mass is 223 g/mol. The topological polar surface area (TPSA) is 64.6 Å². The van der Waals surface area contributed by atoms with E-state index in [0.717, 1.165) is 19.5 Å². The van der Waals surface area contributed by atoms with Gasteiger partial charge in [0.25, 0.3) is 0 Å². The lowest BCUT2D eigenvalue weighted by Gasteiger charge is -2.48. The summed E-state index contributed by atoms with van der Waals surface area (Å²) in [5, 5.41) is 14.0. The molecule has 0 aromatic rings. The largest absolute Gasteiger partial charge is 0.465 e. The lowest BCUT2D eigenvalue weighted by Crippen LogP contribution is -2.67. The average Bonchev–Trinajstić information content (AvgIpc) is 1.93. The molecule has 1 heterocycles. The van der Waals surface area contributed by atoms with E-state index in [2.05, 4.69) is 15.5 Å². The minimum absolute atomic E-state index is 0. The van der Waals surface area contributed by atoms with Gasteiger partial charge in [-0.1, -0.05) is 0 Å². The smallest absolute Gasteiger partial charge is 0.404 e. The molecule has 0 atom stereocenters. The molecule has 1 aliphatic heterocycles. The van der Waals surface area contributed by atoms with Crippen LogP contribution in [0.15, 0.2) is 0 Å². The molecule has 1 amide bonds. The fourth-order valence-corrected chi connectivity index (χ4v) is 1.53. The Morgan fingerprint density at radius 3 is 2.43 bits per heavy atom. The third-order valence-corrected chi connectivity index (χ3v) is 2.72. The summed E-state index contributed by atoms with van der Waals surface area (Å²) in [6.45, 7) is 2.41. The molecule has 5 nitrogen and oxygen atoms in total. The van der Waals surface area contributed by atoms with E-state index in [1.54, 1.807) is 0 Å². The van der Waals surface area contributed by atoms with E-state index in [9.17, 15) is 4.79 Å². The SMILES string of the molecule is CN(C)C1(CCNC(=O)O)CNC1.Cl. The zero-order chi connectivity index (χ0) is 9.90. The van der Waals surface area contributed by atoms with E-state index in [1.165, 1.54) is 0 Å². The van der Waals surface area contributed by atoms with Crippen LogP contribution in [0.1, 0.15) is 6.42 Å². The first-order valence-corrected chi connectivity index (χ1v) is 4.42. The number of likely N-dealkylation sites (N-methyl/N-ethyl adjacent to an activating group) is 1. The van der Waals surface area contributed by atoms with E-state index in [4.69, 9.17) is 5.11 Å². The van der Waals surface area contributed by atoms with Crippen LogP contribution >= 0.6 is 12.4 Å². The van der Waals surface area contributed by atoms with Gasteiger partial charge in [-0.05, 0) is 20.5 Å². The van der Waals surface area contributed by atoms with Crippen LogP contribution in [0.4, 0.5) is 4.79 Å². The second-order valence-corrected chi connectivity index (χ2v) is 3.70. The first-order chi connectivity index (χ1) is 6.07. The third-order valence-electron chi connectivity index (χ3n) is 2.72. The normalized spacial score (nSPS) is 18.2. The van der Waals surface area contributed by atoms with Crippen molar-refractivity contribution in [2.45, 2.75) is 12.0 Å². The van der Waals surface area contributed by atoms with E-state index in [-0.39, 0.29) is 17.9 Å². The molecule has 84 valence electrons. The summed E-state index contributed by atoms with van der Waals surface area (Å²) in [7, 11) is 4.06. The fraction of sp³-hybridized carbons (Fsp3) is 0.875. The number of nitrogens with one attached hydrogen (secondary N) is 2. The molecule has 0 spiro atoms. The summed E-state index contributed by atoms with van der Waals surface area (Å²) in [6.07, 6.45) is -0.0829. The predicted molar refractivity (Wildman–Crippen MR) is 57.2 cm³/mol. The van der Waals surface area contributed by atoms with Crippen molar-refractivity contribution in [3.63, 3.8) is 0 Å². The standard InChI is InChI=1S/C8H17N3O2.ClH/c1-11(2)8(5-9-6-8)3-4-10-7(12)13;/h9-10H,3-6H2,1-2H3,(H,12,13);1H. The van der Waals surface area contributed by atoms with Crippen LogP contribution in [0.3, 0.4) is 0 Å². The van der Waals surface area contributed by atoms with Crippen LogP contribution in [0, 0.1) is 0 Å². The molecule has 0 aromatic carbocycles. The van der Waals surface area contributed by atoms with Gasteiger partial charge in [-0.3, -0.25) is 0 Å². The molecule has 0 aromatic heterocycles. The summed E-state index contributed by atoms with van der Waals surface area (Å²) >= 11 is 0. The van der Waals surface area contributed by atoms with Crippen molar-refractivity contribution < 1.29 is 9.90 Å². The highest BCUT2D eigenvalue weighted by Gasteiger charge is 2.38. The van der Waals surface area contributed by atoms with E-state index >= 15 is 0 Å². The molecular weight excluding hydrogens is 206 g/mol. The lowest BCUT2D eigenvalue weighted by molar-refractivity contribution is 0.0759. The van der Waals surface area contributed by atoms with Crippen molar-refractivity contribution in [2.75, 3.05) is 33.7 Å². The van der Waals surface area contributed by atoms with Crippen molar-refractivity contribution in [1.29, 1.82) is 0 Å². The Kier molecular flexibility index (Phi) is 5.18. The van der Waals surface area contributed by atoms with Crippen LogP contribution in [-0.4, -0.2) is 55.4 Å². The van der Waals surface area contributed by atoms with Gasteiger partial charge in [0.2, 0.25) is 0 Å². The van der Waals surface area contributed by atoms with Gasteiger partial charge in [-0.25, -0.2) is 4.79 Å². The Bertz CT molecular complexity index is 195. The molecule has 3 N–H and O–H groups in total. The lowest BCUT2D eigenvalue weighted by atomic mass is 9.87. The molecule has 0 radical (unpaired) electrons. The number of hydrogen-bond donors (Lipinski definition) is 3. The molecule has 1 aliphatic rings. The quantitative estimate of drug-likeness (QED) is 0.627. The minimum atomic E-state index is -0.943. The van der Waals surface area contributed by atoms with Crippen molar-refractivity contribution in [1.82, 2.24) is 15.5 Å². The Labute approximate surface area is 90.3 Å². The average molecular weight is 224 g/mol. The Morgan fingerprint density at radius 2 is 2.14 bits per heavy atom. The van der Waals surface area contributed by atoms with Gasteiger partial charge in [0.1, 0.15) is 0 Å². The number of nitrogens with zero attached hydrogens (tertiary/aromatic N) is 1. The van der Waals surface area contributed by atoms with Gasteiger partial charge in [0, 0.05) is 25.2 Å².